The molecule has 0 saturated carbocycles. The molecule has 1 N–H and O–H groups in total. The zero-order chi connectivity index (χ0) is 14.7. The Labute approximate surface area is 129 Å². The predicted molar refractivity (Wildman–Crippen MR) is 83.5 cm³/mol. The lowest BCUT2D eigenvalue weighted by Gasteiger charge is -2.35. The first-order chi connectivity index (χ1) is 9.49. The maximum atomic E-state index is 12.6. The molecule has 1 fully saturated rings. The lowest BCUT2D eigenvalue weighted by Crippen LogP contribution is -2.44. The molecule has 0 spiro atoms. The van der Waals surface area contributed by atoms with Gasteiger partial charge in [0.25, 0.3) is 0 Å². The second-order valence-electron chi connectivity index (χ2n) is 5.70. The summed E-state index contributed by atoms with van der Waals surface area (Å²) in [5, 5.41) is 9.72. The van der Waals surface area contributed by atoms with Gasteiger partial charge in [0.05, 0.1) is 12.0 Å². The Balaban J connectivity index is 2.04. The van der Waals surface area contributed by atoms with E-state index in [1.807, 2.05) is 43.0 Å². The van der Waals surface area contributed by atoms with E-state index in [0.717, 1.165) is 29.4 Å². The monoisotopic (exact) mass is 339 g/mol. The summed E-state index contributed by atoms with van der Waals surface area (Å²) >= 11 is 3.41. The molecule has 0 aromatic heterocycles. The minimum Gasteiger partial charge on any atom is -0.393 e. The van der Waals surface area contributed by atoms with Gasteiger partial charge < -0.3 is 10.0 Å². The van der Waals surface area contributed by atoms with Crippen LogP contribution < -0.4 is 0 Å². The number of rotatable bonds is 3. The van der Waals surface area contributed by atoms with Crippen LogP contribution >= 0.6 is 15.9 Å². The lowest BCUT2D eigenvalue weighted by atomic mass is 9.91. The number of hydrogen-bond donors (Lipinski definition) is 1. The quantitative estimate of drug-likeness (QED) is 0.918. The summed E-state index contributed by atoms with van der Waals surface area (Å²) in [6, 6.07) is 7.91. The zero-order valence-electron chi connectivity index (χ0n) is 12.1. The summed E-state index contributed by atoms with van der Waals surface area (Å²) < 4.78 is 1.02. The number of amides is 1. The van der Waals surface area contributed by atoms with Gasteiger partial charge >= 0.3 is 0 Å². The smallest absolute Gasteiger partial charge is 0.229 e. The first-order valence-corrected chi connectivity index (χ1v) is 8.00. The topological polar surface area (TPSA) is 40.5 Å². The van der Waals surface area contributed by atoms with E-state index < -0.39 is 0 Å². The third-order valence-corrected chi connectivity index (χ3v) is 4.72. The van der Waals surface area contributed by atoms with Gasteiger partial charge in [0.1, 0.15) is 0 Å². The van der Waals surface area contributed by atoms with Crippen molar-refractivity contribution in [1.82, 2.24) is 4.90 Å². The van der Waals surface area contributed by atoms with Gasteiger partial charge in [-0.15, -0.1) is 0 Å². The lowest BCUT2D eigenvalue weighted by molar-refractivity contribution is -0.135. The van der Waals surface area contributed by atoms with Crippen molar-refractivity contribution in [2.45, 2.75) is 38.7 Å². The van der Waals surface area contributed by atoms with Crippen LogP contribution in [0.2, 0.25) is 0 Å². The van der Waals surface area contributed by atoms with E-state index in [4.69, 9.17) is 0 Å². The van der Waals surface area contributed by atoms with Crippen LogP contribution in [0.15, 0.2) is 28.7 Å². The van der Waals surface area contributed by atoms with Crippen LogP contribution in [0.4, 0.5) is 0 Å². The molecule has 3 nitrogen and oxygen atoms in total. The Kier molecular flexibility index (Phi) is 5.22. The van der Waals surface area contributed by atoms with Gasteiger partial charge in [-0.2, -0.15) is 0 Å². The fourth-order valence-corrected chi connectivity index (χ4v) is 3.04. The summed E-state index contributed by atoms with van der Waals surface area (Å²) in [6.45, 7) is 5.26. The molecule has 1 amide bonds. The predicted octanol–water partition coefficient (Wildman–Crippen LogP) is 3.17. The Morgan fingerprint density at radius 1 is 1.35 bits per heavy atom. The van der Waals surface area contributed by atoms with Crippen LogP contribution in [-0.4, -0.2) is 35.1 Å². The van der Waals surface area contributed by atoms with Crippen LogP contribution in [0.5, 0.6) is 0 Å². The van der Waals surface area contributed by atoms with Gasteiger partial charge in [0, 0.05) is 23.5 Å². The summed E-state index contributed by atoms with van der Waals surface area (Å²) in [4.78, 5) is 14.5. The molecule has 0 radical (unpaired) electrons. The number of aliphatic hydroxyl groups is 1. The number of hydrogen-bond acceptors (Lipinski definition) is 2. The number of carbonyl (C=O) groups excluding carboxylic acids is 1. The molecule has 110 valence electrons. The molecule has 3 atom stereocenters. The number of halogens is 1. The molecule has 3 unspecified atom stereocenters. The van der Waals surface area contributed by atoms with Crippen molar-refractivity contribution in [3.8, 4) is 0 Å². The molecule has 1 heterocycles. The Hall–Kier alpha value is -0.870. The number of likely N-dealkylation sites (tertiary alicyclic amines) is 1. The molecule has 1 aromatic rings. The summed E-state index contributed by atoms with van der Waals surface area (Å²) in [5.74, 6) is 0.248. The minimum atomic E-state index is -0.339. The third-order valence-electron chi connectivity index (χ3n) is 4.19. The van der Waals surface area contributed by atoms with Gasteiger partial charge in [-0.3, -0.25) is 4.79 Å². The van der Waals surface area contributed by atoms with E-state index in [1.54, 1.807) is 0 Å². The highest BCUT2D eigenvalue weighted by atomic mass is 79.9. The largest absolute Gasteiger partial charge is 0.393 e. The second kappa shape index (κ2) is 6.72. The number of piperidine rings is 1. The maximum Gasteiger partial charge on any atom is 0.229 e. The number of nitrogens with zero attached hydrogens (tertiary/aromatic N) is 1. The fraction of sp³-hybridized carbons (Fsp3) is 0.562. The molecular weight excluding hydrogens is 318 g/mol. The van der Waals surface area contributed by atoms with E-state index in [9.17, 15) is 9.90 Å². The van der Waals surface area contributed by atoms with E-state index >= 15 is 0 Å². The first kappa shape index (κ1) is 15.5. The van der Waals surface area contributed by atoms with Crippen molar-refractivity contribution in [2.24, 2.45) is 5.92 Å². The van der Waals surface area contributed by atoms with Crippen molar-refractivity contribution in [2.75, 3.05) is 13.1 Å². The molecule has 1 saturated heterocycles. The normalized spacial score (nSPS) is 22.4. The van der Waals surface area contributed by atoms with Crippen LogP contribution in [0.1, 0.15) is 38.2 Å². The molecule has 4 heteroatoms. The van der Waals surface area contributed by atoms with E-state index in [2.05, 4.69) is 15.9 Å². The molecule has 1 aliphatic heterocycles. The van der Waals surface area contributed by atoms with Crippen LogP contribution in [0, 0.1) is 5.92 Å². The van der Waals surface area contributed by atoms with Crippen LogP contribution in [0.3, 0.4) is 0 Å². The van der Waals surface area contributed by atoms with Gasteiger partial charge in [-0.1, -0.05) is 28.1 Å². The van der Waals surface area contributed by atoms with Crippen LogP contribution in [0.25, 0.3) is 0 Å². The van der Waals surface area contributed by atoms with Gasteiger partial charge in [0.15, 0.2) is 0 Å². The standard InChI is InChI=1S/C16H22BrNO2/c1-11(13-5-7-15(17)8-6-13)16(20)18-9-3-4-14(10-18)12(2)19/h5-8,11-12,14,19H,3-4,9-10H2,1-2H3. The first-order valence-electron chi connectivity index (χ1n) is 7.21. The minimum absolute atomic E-state index is 0.129. The number of benzene rings is 1. The van der Waals surface area contributed by atoms with E-state index in [-0.39, 0.29) is 23.8 Å². The van der Waals surface area contributed by atoms with Crippen molar-refractivity contribution < 1.29 is 9.90 Å². The summed E-state index contributed by atoms with van der Waals surface area (Å²) in [6.07, 6.45) is 1.65. The van der Waals surface area contributed by atoms with Crippen LogP contribution in [-0.2, 0) is 4.79 Å². The highest BCUT2D eigenvalue weighted by Crippen LogP contribution is 2.25. The molecule has 20 heavy (non-hydrogen) atoms. The number of aliphatic hydroxyl groups excluding tert-OH is 1. The summed E-state index contributed by atoms with van der Waals surface area (Å²) in [7, 11) is 0. The Morgan fingerprint density at radius 3 is 2.60 bits per heavy atom. The van der Waals surface area contributed by atoms with Crippen molar-refractivity contribution in [3.05, 3.63) is 34.3 Å². The second-order valence-corrected chi connectivity index (χ2v) is 6.62. The fourth-order valence-electron chi connectivity index (χ4n) is 2.77. The Morgan fingerprint density at radius 2 is 2.00 bits per heavy atom. The number of carbonyl (C=O) groups is 1. The SMILES string of the molecule is CC(C(=O)N1CCCC(C(C)O)C1)c1ccc(Br)cc1. The van der Waals surface area contributed by atoms with Crippen molar-refractivity contribution in [3.63, 3.8) is 0 Å². The molecule has 0 aliphatic carbocycles. The molecule has 1 aliphatic rings. The Bertz CT molecular complexity index is 458. The van der Waals surface area contributed by atoms with Crippen molar-refractivity contribution >= 4 is 21.8 Å². The summed E-state index contributed by atoms with van der Waals surface area (Å²) in [5.41, 5.74) is 1.04. The average molecular weight is 340 g/mol. The van der Waals surface area contributed by atoms with Gasteiger partial charge in [0.2, 0.25) is 5.91 Å². The molecule has 0 bridgehead atoms. The zero-order valence-corrected chi connectivity index (χ0v) is 13.6. The highest BCUT2D eigenvalue weighted by molar-refractivity contribution is 9.10. The van der Waals surface area contributed by atoms with E-state index in [0.29, 0.717) is 6.54 Å². The van der Waals surface area contributed by atoms with Crippen molar-refractivity contribution in [1.29, 1.82) is 0 Å². The van der Waals surface area contributed by atoms with Gasteiger partial charge in [-0.25, -0.2) is 0 Å². The van der Waals surface area contributed by atoms with Gasteiger partial charge in [-0.05, 0) is 44.4 Å². The third kappa shape index (κ3) is 3.61. The molecule has 1 aromatic carbocycles. The maximum absolute atomic E-state index is 12.6. The highest BCUT2D eigenvalue weighted by Gasteiger charge is 2.29. The van der Waals surface area contributed by atoms with E-state index in [1.165, 1.54) is 0 Å². The average Bonchev–Trinajstić information content (AvgIpc) is 2.46. The molecule has 2 rings (SSSR count). The molecular formula is C16H22BrNO2.